The highest BCUT2D eigenvalue weighted by atomic mass is 19.4. The van der Waals surface area contributed by atoms with Crippen LogP contribution in [0.1, 0.15) is 55.6 Å². The molecule has 12 aromatic carbocycles. The number of hydrogen-bond donors (Lipinski definition) is 0. The fourth-order valence-electron chi connectivity index (χ4n) is 12.3. The minimum absolute atomic E-state index is 0.532. The number of benzene rings is 12. The summed E-state index contributed by atoms with van der Waals surface area (Å²) in [5.74, 6) is 0. The SMILES string of the molecule is Cc1cc(C)cc(-c2cc(-c3cc(C)cc(C)c3)cc(N(c3ccc(C(F)(F)F)cc3)c3ccc4ccc5c(N(c6ccc(C(F)(F)F)cc6)c6cc(-c7cc(C)cc(C)c7)cc(-c7cc(C)cc(C)c7)c6)ccc6ccc3c4c65)c2)c1. The van der Waals surface area contributed by atoms with E-state index in [1.807, 2.05) is 12.1 Å². The highest BCUT2D eigenvalue weighted by molar-refractivity contribution is 6.28. The number of halogens is 6. The van der Waals surface area contributed by atoms with Crippen molar-refractivity contribution in [2.75, 3.05) is 9.80 Å². The van der Waals surface area contributed by atoms with E-state index in [1.54, 1.807) is 24.3 Å². The zero-order valence-electron chi connectivity index (χ0n) is 46.8. The average Bonchev–Trinajstić information content (AvgIpc) is 3.42. The fraction of sp³-hybridized carbons (Fsp3) is 0.135. The molecule has 0 unspecified atom stereocenters. The molecule has 0 amide bonds. The molecule has 0 atom stereocenters. The standard InChI is InChI=1S/C74H58F6N2/c1-43-25-44(2)30-53(29-43)57-37-58(54-31-45(3)26-46(4)32-54)40-65(39-57)81(63-17-13-61(14-18-63)73(75,76)77)69-23-11-51-10-22-68-70(24-12-52-9-21-67(69)71(51)72(52)68)82(64-19-15-62(16-20-64)74(78,79)80)66-41-59(55-33-47(5)27-48(6)34-55)38-60(42-66)56-35-49(7)28-50(8)36-56/h9-42H,1-8H3. The lowest BCUT2D eigenvalue weighted by Crippen LogP contribution is -2.13. The van der Waals surface area contributed by atoms with E-state index in [-0.39, 0.29) is 0 Å². The Morgan fingerprint density at radius 3 is 0.744 bits per heavy atom. The first-order chi connectivity index (χ1) is 39.1. The first-order valence-corrected chi connectivity index (χ1v) is 27.4. The van der Waals surface area contributed by atoms with Crippen molar-refractivity contribution in [2.24, 2.45) is 0 Å². The van der Waals surface area contributed by atoms with Crippen molar-refractivity contribution in [3.05, 3.63) is 262 Å². The van der Waals surface area contributed by atoms with E-state index >= 15 is 0 Å². The van der Waals surface area contributed by atoms with Gasteiger partial charge in [-0.15, -0.1) is 0 Å². The minimum atomic E-state index is -4.55. The van der Waals surface area contributed by atoms with E-state index in [4.69, 9.17) is 0 Å². The Kier molecular flexibility index (Phi) is 13.3. The maximum atomic E-state index is 14.4. The third-order valence-corrected chi connectivity index (χ3v) is 15.6. The van der Waals surface area contributed by atoms with Gasteiger partial charge in [-0.2, -0.15) is 26.3 Å². The second-order valence-corrected chi connectivity index (χ2v) is 22.4. The Hall–Kier alpha value is -9.14. The van der Waals surface area contributed by atoms with Gasteiger partial charge in [0.15, 0.2) is 0 Å². The molecule has 12 rings (SSSR count). The van der Waals surface area contributed by atoms with Crippen LogP contribution in [0.5, 0.6) is 0 Å². The molecular weight excluding hydrogens is 1030 g/mol. The minimum Gasteiger partial charge on any atom is -0.310 e. The summed E-state index contributed by atoms with van der Waals surface area (Å²) in [6.45, 7) is 16.6. The zero-order chi connectivity index (χ0) is 57.5. The summed E-state index contributed by atoms with van der Waals surface area (Å²) in [5.41, 5.74) is 19.2. The second-order valence-electron chi connectivity index (χ2n) is 22.4. The highest BCUT2D eigenvalue weighted by Crippen LogP contribution is 2.50. The second kappa shape index (κ2) is 20.4. The molecule has 82 heavy (non-hydrogen) atoms. The summed E-state index contributed by atoms with van der Waals surface area (Å²) in [4.78, 5) is 4.12. The van der Waals surface area contributed by atoms with Gasteiger partial charge in [0.05, 0.1) is 22.5 Å². The molecule has 0 heterocycles. The maximum absolute atomic E-state index is 14.4. The van der Waals surface area contributed by atoms with Crippen LogP contribution in [0.25, 0.3) is 76.8 Å². The fourth-order valence-corrected chi connectivity index (χ4v) is 12.3. The molecule has 0 aliphatic rings. The van der Waals surface area contributed by atoms with Gasteiger partial charge in [-0.25, -0.2) is 0 Å². The van der Waals surface area contributed by atoms with Gasteiger partial charge in [0, 0.05) is 33.5 Å². The predicted octanol–water partition coefficient (Wildman–Crippen LogP) is 22.7. The molecule has 0 spiro atoms. The molecule has 0 bridgehead atoms. The quantitative estimate of drug-likeness (QED) is 0.0995. The lowest BCUT2D eigenvalue weighted by molar-refractivity contribution is -0.138. The van der Waals surface area contributed by atoms with Crippen LogP contribution in [0.2, 0.25) is 0 Å². The van der Waals surface area contributed by atoms with Gasteiger partial charge in [0.1, 0.15) is 0 Å². The number of anilines is 6. The molecule has 406 valence electrons. The lowest BCUT2D eigenvalue weighted by Gasteiger charge is -2.30. The van der Waals surface area contributed by atoms with Crippen LogP contribution >= 0.6 is 0 Å². The first kappa shape index (κ1) is 53.5. The van der Waals surface area contributed by atoms with Gasteiger partial charge in [0.2, 0.25) is 0 Å². The first-order valence-electron chi connectivity index (χ1n) is 27.4. The lowest BCUT2D eigenvalue weighted by atomic mass is 9.91. The smallest absolute Gasteiger partial charge is 0.310 e. The van der Waals surface area contributed by atoms with Gasteiger partial charge < -0.3 is 9.80 Å². The largest absolute Gasteiger partial charge is 0.416 e. The summed E-state index contributed by atoms with van der Waals surface area (Å²) < 4.78 is 86.3. The van der Waals surface area contributed by atoms with Crippen molar-refractivity contribution in [1.29, 1.82) is 0 Å². The number of alkyl halides is 6. The number of rotatable bonds is 10. The molecule has 0 fully saturated rings. The van der Waals surface area contributed by atoms with Gasteiger partial charge in [0.25, 0.3) is 0 Å². The zero-order valence-corrected chi connectivity index (χ0v) is 46.8. The average molecular weight is 1090 g/mol. The Labute approximate surface area is 474 Å². The molecule has 0 aliphatic carbocycles. The van der Waals surface area contributed by atoms with E-state index in [0.717, 1.165) is 168 Å². The van der Waals surface area contributed by atoms with Crippen LogP contribution in [0.4, 0.5) is 60.5 Å². The van der Waals surface area contributed by atoms with E-state index in [0.29, 0.717) is 11.4 Å². The molecule has 0 radical (unpaired) electrons. The van der Waals surface area contributed by atoms with Crippen molar-refractivity contribution >= 4 is 66.4 Å². The maximum Gasteiger partial charge on any atom is 0.416 e. The molecule has 0 N–H and O–H groups in total. The molecule has 8 heteroatoms. The third-order valence-electron chi connectivity index (χ3n) is 15.6. The summed E-state index contributed by atoms with van der Waals surface area (Å²) in [6, 6.07) is 65.9. The van der Waals surface area contributed by atoms with Crippen molar-refractivity contribution < 1.29 is 26.3 Å². The van der Waals surface area contributed by atoms with Crippen molar-refractivity contribution in [3.8, 4) is 44.5 Å². The van der Waals surface area contributed by atoms with Crippen LogP contribution < -0.4 is 9.80 Å². The molecule has 0 aliphatic heterocycles. The Morgan fingerprint density at radius 1 is 0.244 bits per heavy atom. The summed E-state index contributed by atoms with van der Waals surface area (Å²) in [7, 11) is 0. The van der Waals surface area contributed by atoms with E-state index < -0.39 is 23.5 Å². The van der Waals surface area contributed by atoms with Crippen molar-refractivity contribution in [3.63, 3.8) is 0 Å². The van der Waals surface area contributed by atoms with Crippen LogP contribution in [0.3, 0.4) is 0 Å². The Bertz CT molecular complexity index is 3950. The van der Waals surface area contributed by atoms with Crippen LogP contribution in [-0.2, 0) is 12.4 Å². The number of hydrogen-bond acceptors (Lipinski definition) is 2. The van der Waals surface area contributed by atoms with E-state index in [9.17, 15) is 26.3 Å². The van der Waals surface area contributed by atoms with Crippen LogP contribution in [0.15, 0.2) is 206 Å². The topological polar surface area (TPSA) is 6.48 Å². The van der Waals surface area contributed by atoms with Gasteiger partial charge in [-0.05, 0) is 219 Å². The van der Waals surface area contributed by atoms with E-state index in [2.05, 4.69) is 211 Å². The summed E-state index contributed by atoms with van der Waals surface area (Å²) in [5, 5.41) is 5.45. The molecule has 0 saturated carbocycles. The van der Waals surface area contributed by atoms with Crippen LogP contribution in [0, 0.1) is 55.4 Å². The van der Waals surface area contributed by atoms with Crippen molar-refractivity contribution in [1.82, 2.24) is 0 Å². The van der Waals surface area contributed by atoms with E-state index in [1.165, 1.54) is 0 Å². The third kappa shape index (κ3) is 10.3. The highest BCUT2D eigenvalue weighted by Gasteiger charge is 2.32. The number of nitrogens with zero attached hydrogens (tertiary/aromatic N) is 2. The molecule has 0 aromatic heterocycles. The van der Waals surface area contributed by atoms with Crippen LogP contribution in [-0.4, -0.2) is 0 Å². The van der Waals surface area contributed by atoms with Gasteiger partial charge in [-0.3, -0.25) is 0 Å². The molecule has 2 nitrogen and oxygen atoms in total. The predicted molar refractivity (Wildman–Crippen MR) is 329 cm³/mol. The normalized spacial score (nSPS) is 12.0. The monoisotopic (exact) mass is 1090 g/mol. The molecule has 12 aromatic rings. The Balaban J connectivity index is 1.13. The molecular formula is C74H58F6N2. The summed E-state index contributed by atoms with van der Waals surface area (Å²) >= 11 is 0. The number of aryl methyl sites for hydroxylation is 8. The Morgan fingerprint density at radius 2 is 0.488 bits per heavy atom. The summed E-state index contributed by atoms with van der Waals surface area (Å²) in [6.07, 6.45) is -9.10. The van der Waals surface area contributed by atoms with Gasteiger partial charge in [-0.1, -0.05) is 154 Å². The van der Waals surface area contributed by atoms with Gasteiger partial charge >= 0.3 is 12.4 Å². The van der Waals surface area contributed by atoms with Crippen molar-refractivity contribution in [2.45, 2.75) is 67.7 Å². The molecule has 0 saturated heterocycles.